The van der Waals surface area contributed by atoms with Gasteiger partial charge in [0.15, 0.2) is 5.65 Å². The van der Waals surface area contributed by atoms with E-state index in [1.165, 1.54) is 0 Å². The largest absolute Gasteiger partial charge is 0.366 e. The molecule has 0 bridgehead atoms. The molecule has 1 aromatic carbocycles. The second kappa shape index (κ2) is 8.42. The van der Waals surface area contributed by atoms with E-state index in [0.29, 0.717) is 23.8 Å². The molecule has 1 aliphatic rings. The van der Waals surface area contributed by atoms with E-state index < -0.39 is 0 Å². The van der Waals surface area contributed by atoms with Gasteiger partial charge in [0.05, 0.1) is 11.9 Å². The average Bonchev–Trinajstić information content (AvgIpc) is 3.48. The van der Waals surface area contributed by atoms with Crippen molar-refractivity contribution in [1.29, 1.82) is 5.26 Å². The van der Waals surface area contributed by atoms with E-state index in [1.807, 2.05) is 24.3 Å². The molecule has 154 valence electrons. The van der Waals surface area contributed by atoms with Crippen LogP contribution in [0.4, 0.5) is 11.6 Å². The third-order valence-electron chi connectivity index (χ3n) is 5.39. The highest BCUT2D eigenvalue weighted by Crippen LogP contribution is 2.22. The van der Waals surface area contributed by atoms with Crippen molar-refractivity contribution in [2.24, 2.45) is 0 Å². The molecule has 8 nitrogen and oxygen atoms in total. The molecule has 1 fully saturated rings. The third-order valence-corrected chi connectivity index (χ3v) is 5.39. The Bertz CT molecular complexity index is 1220. The summed E-state index contributed by atoms with van der Waals surface area (Å²) >= 11 is 0. The number of nitrogens with one attached hydrogen (secondary N) is 3. The molecule has 0 saturated carbocycles. The van der Waals surface area contributed by atoms with Gasteiger partial charge in [0.1, 0.15) is 23.3 Å². The summed E-state index contributed by atoms with van der Waals surface area (Å²) in [6.45, 7) is 2.52. The van der Waals surface area contributed by atoms with E-state index in [1.54, 1.807) is 16.9 Å². The molecule has 5 rings (SSSR count). The number of aromatic nitrogens is 4. The molecule has 0 spiro atoms. The molecule has 3 N–H and O–H groups in total. The Balaban J connectivity index is 1.38. The fourth-order valence-corrected chi connectivity index (χ4v) is 3.75. The summed E-state index contributed by atoms with van der Waals surface area (Å²) in [6, 6.07) is 18.7. The molecular weight excluding hydrogens is 388 g/mol. The van der Waals surface area contributed by atoms with Crippen molar-refractivity contribution >= 4 is 17.3 Å². The first-order chi connectivity index (χ1) is 15.3. The number of pyridine rings is 1. The van der Waals surface area contributed by atoms with Crippen LogP contribution in [0.25, 0.3) is 16.9 Å². The van der Waals surface area contributed by atoms with Gasteiger partial charge < -0.3 is 16.0 Å². The van der Waals surface area contributed by atoms with E-state index in [0.717, 1.165) is 48.0 Å². The van der Waals surface area contributed by atoms with Gasteiger partial charge in [-0.15, -0.1) is 0 Å². The van der Waals surface area contributed by atoms with E-state index in [-0.39, 0.29) is 0 Å². The molecule has 0 amide bonds. The molecule has 0 unspecified atom stereocenters. The molecule has 3 aromatic heterocycles. The van der Waals surface area contributed by atoms with E-state index >= 15 is 0 Å². The third kappa shape index (κ3) is 4.04. The van der Waals surface area contributed by atoms with Crippen LogP contribution >= 0.6 is 0 Å². The van der Waals surface area contributed by atoms with Crippen LogP contribution in [-0.4, -0.2) is 38.7 Å². The van der Waals surface area contributed by atoms with Crippen molar-refractivity contribution in [3.8, 4) is 17.3 Å². The standard InChI is InChI=1S/C23H22N8/c24-12-18-14-28-31-22(11-21(30-23(18)31)29-19-8-10-25-15-19)27-13-16-4-6-17(7-5-16)20-3-1-2-9-26-20/h1-7,9,11,14,19,25,27H,8,10,13,15H2,(H,29,30)/t19-/m0/s1. The number of rotatable bonds is 6. The quantitative estimate of drug-likeness (QED) is 0.449. The fourth-order valence-electron chi connectivity index (χ4n) is 3.75. The van der Waals surface area contributed by atoms with Crippen LogP contribution in [0.5, 0.6) is 0 Å². The van der Waals surface area contributed by atoms with Gasteiger partial charge in [0.25, 0.3) is 0 Å². The molecule has 4 heterocycles. The molecular formula is C23H22N8. The van der Waals surface area contributed by atoms with Crippen molar-refractivity contribution in [3.63, 3.8) is 0 Å². The van der Waals surface area contributed by atoms with Crippen molar-refractivity contribution in [2.75, 3.05) is 23.7 Å². The average molecular weight is 410 g/mol. The Hall–Kier alpha value is -3.96. The molecule has 0 aliphatic carbocycles. The lowest BCUT2D eigenvalue weighted by Gasteiger charge is -2.15. The predicted octanol–water partition coefficient (Wildman–Crippen LogP) is 3.05. The highest BCUT2D eigenvalue weighted by atomic mass is 15.3. The van der Waals surface area contributed by atoms with Crippen molar-refractivity contribution in [1.82, 2.24) is 24.9 Å². The number of benzene rings is 1. The number of hydrogen-bond acceptors (Lipinski definition) is 7. The van der Waals surface area contributed by atoms with Crippen LogP contribution in [0, 0.1) is 11.3 Å². The minimum absolute atomic E-state index is 0.329. The smallest absolute Gasteiger partial charge is 0.177 e. The molecule has 1 aliphatic heterocycles. The fraction of sp³-hybridized carbons (Fsp3) is 0.217. The van der Waals surface area contributed by atoms with Crippen molar-refractivity contribution in [3.05, 3.63) is 72.1 Å². The Morgan fingerprint density at radius 3 is 2.84 bits per heavy atom. The SMILES string of the molecule is N#Cc1cnn2c(NCc3ccc(-c4ccccn4)cc3)cc(N[C@H]3CCNC3)nc12. The summed E-state index contributed by atoms with van der Waals surface area (Å²) in [4.78, 5) is 9.02. The lowest BCUT2D eigenvalue weighted by Crippen LogP contribution is -2.23. The van der Waals surface area contributed by atoms with Crippen molar-refractivity contribution < 1.29 is 0 Å². The summed E-state index contributed by atoms with van der Waals surface area (Å²) in [6.07, 6.45) is 4.39. The Kier molecular flexibility index (Phi) is 5.17. The van der Waals surface area contributed by atoms with Crippen LogP contribution in [-0.2, 0) is 6.54 Å². The number of nitriles is 1. The van der Waals surface area contributed by atoms with E-state index in [4.69, 9.17) is 0 Å². The lowest BCUT2D eigenvalue weighted by atomic mass is 10.1. The van der Waals surface area contributed by atoms with Gasteiger partial charge in [-0.05, 0) is 30.7 Å². The van der Waals surface area contributed by atoms with Crippen LogP contribution in [0.15, 0.2) is 60.9 Å². The zero-order valence-electron chi connectivity index (χ0n) is 16.9. The summed E-state index contributed by atoms with van der Waals surface area (Å²) < 4.78 is 1.68. The van der Waals surface area contributed by atoms with Crippen LogP contribution in [0.1, 0.15) is 17.5 Å². The number of anilines is 2. The predicted molar refractivity (Wildman–Crippen MR) is 120 cm³/mol. The van der Waals surface area contributed by atoms with E-state index in [9.17, 15) is 5.26 Å². The van der Waals surface area contributed by atoms with Crippen LogP contribution in [0.3, 0.4) is 0 Å². The first-order valence-corrected chi connectivity index (χ1v) is 10.3. The molecule has 1 saturated heterocycles. The highest BCUT2D eigenvalue weighted by Gasteiger charge is 2.17. The van der Waals surface area contributed by atoms with Gasteiger partial charge in [-0.3, -0.25) is 4.98 Å². The molecule has 31 heavy (non-hydrogen) atoms. The minimum atomic E-state index is 0.329. The zero-order valence-corrected chi connectivity index (χ0v) is 16.9. The Morgan fingerprint density at radius 1 is 1.19 bits per heavy atom. The first kappa shape index (κ1) is 19.0. The first-order valence-electron chi connectivity index (χ1n) is 10.3. The summed E-state index contributed by atoms with van der Waals surface area (Å²) in [5, 5.41) is 24.0. The second-order valence-electron chi connectivity index (χ2n) is 7.53. The monoisotopic (exact) mass is 410 g/mol. The number of hydrogen-bond donors (Lipinski definition) is 3. The summed E-state index contributed by atoms with van der Waals surface area (Å²) in [5.41, 5.74) is 4.17. The van der Waals surface area contributed by atoms with Gasteiger partial charge in [-0.25, -0.2) is 4.98 Å². The van der Waals surface area contributed by atoms with Gasteiger partial charge in [0, 0.05) is 37.0 Å². The molecule has 4 aromatic rings. The number of nitrogens with zero attached hydrogens (tertiary/aromatic N) is 5. The summed E-state index contributed by atoms with van der Waals surface area (Å²) in [7, 11) is 0. The van der Waals surface area contributed by atoms with Gasteiger partial charge in [-0.2, -0.15) is 14.9 Å². The lowest BCUT2D eigenvalue weighted by molar-refractivity contribution is 0.786. The zero-order chi connectivity index (χ0) is 21.0. The normalized spacial score (nSPS) is 15.6. The topological polar surface area (TPSA) is 103 Å². The van der Waals surface area contributed by atoms with Gasteiger partial charge in [0.2, 0.25) is 0 Å². The van der Waals surface area contributed by atoms with Crippen LogP contribution < -0.4 is 16.0 Å². The molecule has 8 heteroatoms. The second-order valence-corrected chi connectivity index (χ2v) is 7.53. The van der Waals surface area contributed by atoms with Gasteiger partial charge >= 0.3 is 0 Å². The summed E-state index contributed by atoms with van der Waals surface area (Å²) in [5.74, 6) is 1.53. The Morgan fingerprint density at radius 2 is 2.10 bits per heavy atom. The maximum absolute atomic E-state index is 9.42. The molecule has 1 atom stereocenters. The molecule has 0 radical (unpaired) electrons. The van der Waals surface area contributed by atoms with Crippen LogP contribution in [0.2, 0.25) is 0 Å². The van der Waals surface area contributed by atoms with Gasteiger partial charge in [-0.1, -0.05) is 30.3 Å². The van der Waals surface area contributed by atoms with E-state index in [2.05, 4.69) is 61.4 Å². The number of fused-ring (bicyclic) bond motifs is 1. The highest BCUT2D eigenvalue weighted by molar-refractivity contribution is 5.64. The Labute approximate surface area is 180 Å². The van der Waals surface area contributed by atoms with Crippen molar-refractivity contribution in [2.45, 2.75) is 19.0 Å². The maximum Gasteiger partial charge on any atom is 0.177 e. The maximum atomic E-state index is 9.42. The minimum Gasteiger partial charge on any atom is -0.366 e.